The number of hydrogen-bond acceptors (Lipinski definition) is 4. The summed E-state index contributed by atoms with van der Waals surface area (Å²) in [6, 6.07) is 11.8. The van der Waals surface area contributed by atoms with Crippen LogP contribution >= 0.6 is 11.6 Å². The summed E-state index contributed by atoms with van der Waals surface area (Å²) in [6.07, 6.45) is 0. The molecule has 0 fully saturated rings. The van der Waals surface area contributed by atoms with Crippen LogP contribution in [-0.2, 0) is 10.0 Å². The van der Waals surface area contributed by atoms with Gasteiger partial charge >= 0.3 is 0 Å². The second-order valence-electron chi connectivity index (χ2n) is 6.65. The Hall–Kier alpha value is -2.64. The molecule has 1 aliphatic heterocycles. The molecule has 146 valence electrons. The number of fused-ring (bicyclic) bond motifs is 1. The smallest absolute Gasteiger partial charge is 0.265 e. The predicted molar refractivity (Wildman–Crippen MR) is 107 cm³/mol. The molecule has 1 N–H and O–H groups in total. The van der Waals surface area contributed by atoms with Crippen LogP contribution in [0.3, 0.4) is 0 Å². The van der Waals surface area contributed by atoms with E-state index in [1.165, 1.54) is 19.1 Å². The average molecular weight is 419 g/mol. The number of nitrogens with zero attached hydrogens (tertiary/aromatic N) is 1. The lowest BCUT2D eigenvalue weighted by molar-refractivity contribution is 0.0961. The zero-order valence-corrected chi connectivity index (χ0v) is 17.1. The first-order valence-corrected chi connectivity index (χ1v) is 10.4. The maximum absolute atomic E-state index is 13.1. The molecule has 0 unspecified atom stereocenters. The molecule has 2 aromatic carbocycles. The minimum Gasteiger partial charge on any atom is -0.324 e. The molecule has 0 atom stereocenters. The number of hydrogen-bond donors (Lipinski definition) is 1. The first kappa shape index (κ1) is 20.1. The van der Waals surface area contributed by atoms with Crippen molar-refractivity contribution in [3.05, 3.63) is 76.1 Å². The Morgan fingerprint density at radius 3 is 2.29 bits per heavy atom. The number of halogens is 1. The van der Waals surface area contributed by atoms with E-state index in [0.717, 1.165) is 4.31 Å². The summed E-state index contributed by atoms with van der Waals surface area (Å²) in [5, 5.41) is 3.13. The number of rotatable bonds is 3. The number of benzene rings is 2. The molecule has 0 radical (unpaired) electrons. The minimum atomic E-state index is -3.93. The van der Waals surface area contributed by atoms with E-state index in [4.69, 9.17) is 11.6 Å². The number of ketones is 1. The van der Waals surface area contributed by atoms with Gasteiger partial charge in [-0.3, -0.25) is 13.9 Å². The van der Waals surface area contributed by atoms with Gasteiger partial charge in [0.25, 0.3) is 15.9 Å². The van der Waals surface area contributed by atoms with E-state index in [1.54, 1.807) is 50.2 Å². The van der Waals surface area contributed by atoms with Crippen LogP contribution in [0, 0.1) is 0 Å². The second-order valence-corrected chi connectivity index (χ2v) is 8.87. The summed E-state index contributed by atoms with van der Waals surface area (Å²) < 4.78 is 27.3. The van der Waals surface area contributed by atoms with Gasteiger partial charge in [0, 0.05) is 27.9 Å². The molecular formula is C20H19ClN2O4S. The van der Waals surface area contributed by atoms with Crippen LogP contribution in [0.15, 0.2) is 64.8 Å². The zero-order valence-electron chi connectivity index (χ0n) is 15.6. The highest BCUT2D eigenvalue weighted by atomic mass is 35.5. The third-order valence-corrected chi connectivity index (χ3v) is 6.62. The van der Waals surface area contributed by atoms with Crippen molar-refractivity contribution in [1.29, 1.82) is 0 Å². The fourth-order valence-electron chi connectivity index (χ4n) is 3.11. The van der Waals surface area contributed by atoms with E-state index < -0.39 is 27.8 Å². The maximum Gasteiger partial charge on any atom is 0.265 e. The molecule has 1 aliphatic rings. The molecule has 0 saturated heterocycles. The van der Waals surface area contributed by atoms with E-state index in [9.17, 15) is 18.0 Å². The minimum absolute atomic E-state index is 0.0331. The molecule has 8 heteroatoms. The lowest BCUT2D eigenvalue weighted by Crippen LogP contribution is -2.45. The van der Waals surface area contributed by atoms with Gasteiger partial charge in [0.15, 0.2) is 0 Å². The molecule has 0 spiro atoms. The normalized spacial score (nSPS) is 17.3. The van der Waals surface area contributed by atoms with E-state index in [0.29, 0.717) is 10.6 Å². The van der Waals surface area contributed by atoms with Crippen molar-refractivity contribution in [2.75, 3.05) is 0 Å². The standard InChI is InChI=1S/C20H19ClN2O4S/c1-12(2)23-18(13(3)22-20(25)14-8-10-15(21)11-9-14)19(24)16-6-4-5-7-17(16)28(23,26)27/h4-12H,1-3H3,(H,22,25). The van der Waals surface area contributed by atoms with E-state index in [1.807, 2.05) is 0 Å². The maximum atomic E-state index is 13.1. The Balaban J connectivity index is 2.10. The van der Waals surface area contributed by atoms with Crippen molar-refractivity contribution in [2.24, 2.45) is 0 Å². The Labute approximate surface area is 168 Å². The van der Waals surface area contributed by atoms with Crippen molar-refractivity contribution < 1.29 is 18.0 Å². The highest BCUT2D eigenvalue weighted by Crippen LogP contribution is 2.34. The van der Waals surface area contributed by atoms with Crippen LogP contribution in [0.25, 0.3) is 0 Å². The summed E-state index contributed by atoms with van der Waals surface area (Å²) in [5.74, 6) is -0.914. The van der Waals surface area contributed by atoms with Crippen molar-refractivity contribution in [1.82, 2.24) is 9.62 Å². The van der Waals surface area contributed by atoms with Crippen molar-refractivity contribution in [3.8, 4) is 0 Å². The number of Topliss-reactive ketones (excluding diaryl/α,β-unsaturated/α-hetero) is 1. The summed E-state index contributed by atoms with van der Waals surface area (Å²) in [4.78, 5) is 25.6. The topological polar surface area (TPSA) is 83.5 Å². The highest BCUT2D eigenvalue weighted by Gasteiger charge is 2.41. The van der Waals surface area contributed by atoms with Crippen LogP contribution < -0.4 is 5.32 Å². The number of carbonyl (C=O) groups excluding carboxylic acids is 2. The largest absolute Gasteiger partial charge is 0.324 e. The molecule has 0 bridgehead atoms. The Morgan fingerprint density at radius 2 is 1.68 bits per heavy atom. The molecule has 0 aliphatic carbocycles. The first-order chi connectivity index (χ1) is 13.1. The van der Waals surface area contributed by atoms with Gasteiger partial charge in [0.05, 0.1) is 4.90 Å². The highest BCUT2D eigenvalue weighted by molar-refractivity contribution is 7.89. The molecule has 0 aromatic heterocycles. The van der Waals surface area contributed by atoms with Gasteiger partial charge in [-0.15, -0.1) is 0 Å². The van der Waals surface area contributed by atoms with Crippen molar-refractivity contribution >= 4 is 33.3 Å². The zero-order chi connectivity index (χ0) is 20.6. The molecular weight excluding hydrogens is 400 g/mol. The van der Waals surface area contributed by atoms with Crippen LogP contribution in [0.1, 0.15) is 41.5 Å². The lowest BCUT2D eigenvalue weighted by atomic mass is 10.1. The fraction of sp³-hybridized carbons (Fsp3) is 0.200. The van der Waals surface area contributed by atoms with Gasteiger partial charge in [0.1, 0.15) is 5.70 Å². The molecule has 3 rings (SSSR count). The SMILES string of the molecule is CC(NC(=O)c1ccc(Cl)cc1)=C1C(=O)c2ccccc2S(=O)(=O)N1C(C)C. The van der Waals surface area contributed by atoms with Crippen molar-refractivity contribution in [2.45, 2.75) is 31.7 Å². The van der Waals surface area contributed by atoms with Crippen molar-refractivity contribution in [3.63, 3.8) is 0 Å². The lowest BCUT2D eigenvalue weighted by Gasteiger charge is -2.35. The second kappa shape index (κ2) is 7.41. The third-order valence-electron chi connectivity index (χ3n) is 4.34. The van der Waals surface area contributed by atoms with E-state index in [-0.39, 0.29) is 21.9 Å². The molecule has 6 nitrogen and oxygen atoms in total. The predicted octanol–water partition coefficient (Wildman–Crippen LogP) is 3.60. The first-order valence-electron chi connectivity index (χ1n) is 8.60. The number of sulfonamides is 1. The van der Waals surface area contributed by atoms with Crippen LogP contribution in [0.5, 0.6) is 0 Å². The Morgan fingerprint density at radius 1 is 1.07 bits per heavy atom. The number of allylic oxidation sites excluding steroid dienone is 2. The summed E-state index contributed by atoms with van der Waals surface area (Å²) >= 11 is 5.84. The van der Waals surface area contributed by atoms with Gasteiger partial charge in [-0.1, -0.05) is 23.7 Å². The monoisotopic (exact) mass is 418 g/mol. The average Bonchev–Trinajstić information content (AvgIpc) is 2.64. The number of carbonyl (C=O) groups is 2. The van der Waals surface area contributed by atoms with Gasteiger partial charge in [0.2, 0.25) is 5.78 Å². The quantitative estimate of drug-likeness (QED) is 0.772. The van der Waals surface area contributed by atoms with Gasteiger partial charge in [-0.25, -0.2) is 8.42 Å². The van der Waals surface area contributed by atoms with E-state index in [2.05, 4.69) is 5.32 Å². The summed E-state index contributed by atoms with van der Waals surface area (Å²) in [5.41, 5.74) is 0.536. The van der Waals surface area contributed by atoms with Gasteiger partial charge < -0.3 is 5.32 Å². The summed E-state index contributed by atoms with van der Waals surface area (Å²) in [6.45, 7) is 4.86. The van der Waals surface area contributed by atoms with Gasteiger partial charge in [-0.2, -0.15) is 0 Å². The number of amides is 1. The van der Waals surface area contributed by atoms with Crippen LogP contribution in [0.4, 0.5) is 0 Å². The number of nitrogens with one attached hydrogen (secondary N) is 1. The molecule has 1 heterocycles. The van der Waals surface area contributed by atoms with E-state index >= 15 is 0 Å². The molecule has 0 saturated carbocycles. The Bertz CT molecular complexity index is 1090. The van der Waals surface area contributed by atoms with Gasteiger partial charge in [-0.05, 0) is 57.2 Å². The fourth-order valence-corrected chi connectivity index (χ4v) is 5.15. The molecule has 2 aromatic rings. The Kier molecular flexibility index (Phi) is 5.32. The summed E-state index contributed by atoms with van der Waals surface area (Å²) in [7, 11) is -3.93. The van der Waals surface area contributed by atoms with Crippen LogP contribution in [-0.4, -0.2) is 30.5 Å². The molecule has 28 heavy (non-hydrogen) atoms. The van der Waals surface area contributed by atoms with Crippen LogP contribution in [0.2, 0.25) is 5.02 Å². The molecule has 1 amide bonds. The third kappa shape index (κ3) is 3.43.